The number of rotatable bonds is 1. The molecule has 64 valence electrons. The molecular weight excluding hydrogens is 140 g/mol. The van der Waals surface area contributed by atoms with Crippen molar-refractivity contribution in [1.82, 2.24) is 10.2 Å². The van der Waals surface area contributed by atoms with Gasteiger partial charge in [0.15, 0.2) is 0 Å². The molecule has 0 spiro atoms. The zero-order valence-corrected chi connectivity index (χ0v) is 6.79. The fourth-order valence-corrected chi connectivity index (χ4v) is 1.93. The number of hydrogen-bond acceptors (Lipinski definition) is 3. The van der Waals surface area contributed by atoms with Gasteiger partial charge in [-0.3, -0.25) is 4.90 Å². The molecule has 1 unspecified atom stereocenters. The highest BCUT2D eigenvalue weighted by Crippen LogP contribution is 2.17. The largest absolute Gasteiger partial charge is 0.390 e. The number of nitrogens with one attached hydrogen (secondary N) is 1. The molecule has 0 aromatic carbocycles. The van der Waals surface area contributed by atoms with E-state index >= 15 is 0 Å². The predicted molar refractivity (Wildman–Crippen MR) is 43.5 cm³/mol. The smallest absolute Gasteiger partial charge is 0.0794 e. The number of nitrogens with zero attached hydrogens (tertiary/aromatic N) is 1. The lowest BCUT2D eigenvalue weighted by Crippen LogP contribution is -2.58. The molecule has 0 bridgehead atoms. The lowest BCUT2D eigenvalue weighted by Gasteiger charge is -2.43. The summed E-state index contributed by atoms with van der Waals surface area (Å²) >= 11 is 0. The molecule has 3 heteroatoms. The molecule has 0 aromatic heterocycles. The van der Waals surface area contributed by atoms with E-state index in [4.69, 9.17) is 5.11 Å². The summed E-state index contributed by atoms with van der Waals surface area (Å²) in [4.78, 5) is 2.37. The van der Waals surface area contributed by atoms with Gasteiger partial charge in [0.25, 0.3) is 0 Å². The Bertz CT molecular complexity index is 128. The van der Waals surface area contributed by atoms with Crippen molar-refractivity contribution in [3.8, 4) is 0 Å². The van der Waals surface area contributed by atoms with Gasteiger partial charge in [0, 0.05) is 25.7 Å². The fourth-order valence-electron chi connectivity index (χ4n) is 1.93. The van der Waals surface area contributed by atoms with Gasteiger partial charge >= 0.3 is 0 Å². The lowest BCUT2D eigenvalue weighted by molar-refractivity contribution is -0.0297. The van der Waals surface area contributed by atoms with Crippen LogP contribution in [0.25, 0.3) is 0 Å². The van der Waals surface area contributed by atoms with Gasteiger partial charge in [-0.25, -0.2) is 0 Å². The van der Waals surface area contributed by atoms with Gasteiger partial charge in [-0.05, 0) is 19.4 Å². The lowest BCUT2D eigenvalue weighted by atomic mass is 10.0. The second-order valence-corrected chi connectivity index (χ2v) is 3.61. The average Bonchev–Trinajstić information content (AvgIpc) is 2.01. The van der Waals surface area contributed by atoms with Crippen LogP contribution in [0.4, 0.5) is 0 Å². The standard InChI is InChI=1S/C8H16N2O/c11-8-5-10(6-8)7-2-1-3-9-4-7/h7-9,11H,1-6H2. The van der Waals surface area contributed by atoms with Gasteiger partial charge in [-0.2, -0.15) is 0 Å². The number of likely N-dealkylation sites (tertiary alicyclic amines) is 1. The molecule has 0 saturated carbocycles. The molecule has 2 aliphatic rings. The number of aliphatic hydroxyl groups excluding tert-OH is 1. The molecule has 2 heterocycles. The van der Waals surface area contributed by atoms with Crippen LogP contribution in [0.2, 0.25) is 0 Å². The second kappa shape index (κ2) is 3.09. The van der Waals surface area contributed by atoms with E-state index in [1.54, 1.807) is 0 Å². The van der Waals surface area contributed by atoms with E-state index in [2.05, 4.69) is 10.2 Å². The first-order chi connectivity index (χ1) is 5.36. The van der Waals surface area contributed by atoms with E-state index in [1.165, 1.54) is 19.4 Å². The Morgan fingerprint density at radius 3 is 2.73 bits per heavy atom. The van der Waals surface area contributed by atoms with Gasteiger partial charge in [-0.15, -0.1) is 0 Å². The fraction of sp³-hybridized carbons (Fsp3) is 1.00. The Hall–Kier alpha value is -0.120. The maximum absolute atomic E-state index is 9.09. The van der Waals surface area contributed by atoms with E-state index in [0.29, 0.717) is 6.04 Å². The minimum absolute atomic E-state index is 0.0445. The van der Waals surface area contributed by atoms with Crippen molar-refractivity contribution in [1.29, 1.82) is 0 Å². The molecule has 2 fully saturated rings. The van der Waals surface area contributed by atoms with Gasteiger partial charge in [0.1, 0.15) is 0 Å². The second-order valence-electron chi connectivity index (χ2n) is 3.61. The molecule has 11 heavy (non-hydrogen) atoms. The molecule has 0 aliphatic carbocycles. The average molecular weight is 156 g/mol. The van der Waals surface area contributed by atoms with Gasteiger partial charge < -0.3 is 10.4 Å². The topological polar surface area (TPSA) is 35.5 Å². The third kappa shape index (κ3) is 1.55. The number of β-amino-alcohol motifs (C(OH)–C–C–N with tert-alkyl or cyclic N) is 1. The Kier molecular flexibility index (Phi) is 2.11. The van der Waals surface area contributed by atoms with Crippen LogP contribution in [0.3, 0.4) is 0 Å². The summed E-state index contributed by atoms with van der Waals surface area (Å²) in [7, 11) is 0. The minimum atomic E-state index is -0.0445. The van der Waals surface area contributed by atoms with Crippen LogP contribution >= 0.6 is 0 Å². The molecule has 2 saturated heterocycles. The number of aliphatic hydroxyl groups is 1. The van der Waals surface area contributed by atoms with Crippen molar-refractivity contribution >= 4 is 0 Å². The van der Waals surface area contributed by atoms with Crippen molar-refractivity contribution < 1.29 is 5.11 Å². The van der Waals surface area contributed by atoms with E-state index in [0.717, 1.165) is 19.6 Å². The molecule has 0 amide bonds. The van der Waals surface area contributed by atoms with Gasteiger partial charge in [0.2, 0.25) is 0 Å². The Labute approximate surface area is 67.4 Å². The minimum Gasteiger partial charge on any atom is -0.390 e. The van der Waals surface area contributed by atoms with Crippen LogP contribution in [0.1, 0.15) is 12.8 Å². The Morgan fingerprint density at radius 2 is 2.18 bits per heavy atom. The van der Waals surface area contributed by atoms with Crippen molar-refractivity contribution in [2.24, 2.45) is 0 Å². The highest BCUT2D eigenvalue weighted by atomic mass is 16.3. The first-order valence-electron chi connectivity index (χ1n) is 4.49. The summed E-state index contributed by atoms with van der Waals surface area (Å²) in [5, 5.41) is 12.5. The molecule has 2 rings (SSSR count). The molecule has 0 aromatic rings. The van der Waals surface area contributed by atoms with Crippen molar-refractivity contribution in [3.63, 3.8) is 0 Å². The monoisotopic (exact) mass is 156 g/mol. The summed E-state index contributed by atoms with van der Waals surface area (Å²) in [6.07, 6.45) is 2.55. The maximum atomic E-state index is 9.09. The normalized spacial score (nSPS) is 35.2. The highest BCUT2D eigenvalue weighted by molar-refractivity contribution is 4.87. The van der Waals surface area contributed by atoms with Gasteiger partial charge in [0.05, 0.1) is 6.10 Å². The molecule has 2 N–H and O–H groups in total. The third-order valence-corrected chi connectivity index (χ3v) is 2.68. The molecule has 1 atom stereocenters. The van der Waals surface area contributed by atoms with Crippen LogP contribution in [0, 0.1) is 0 Å². The van der Waals surface area contributed by atoms with E-state index < -0.39 is 0 Å². The summed E-state index contributed by atoms with van der Waals surface area (Å²) in [5.74, 6) is 0. The molecule has 2 aliphatic heterocycles. The van der Waals surface area contributed by atoms with Crippen LogP contribution in [-0.2, 0) is 0 Å². The maximum Gasteiger partial charge on any atom is 0.0794 e. The zero-order valence-electron chi connectivity index (χ0n) is 6.79. The summed E-state index contributed by atoms with van der Waals surface area (Å²) < 4.78 is 0. The molecule has 0 radical (unpaired) electrons. The Balaban J connectivity index is 1.76. The number of hydrogen-bond donors (Lipinski definition) is 2. The van der Waals surface area contributed by atoms with Crippen LogP contribution in [0.5, 0.6) is 0 Å². The summed E-state index contributed by atoms with van der Waals surface area (Å²) in [6.45, 7) is 4.08. The quantitative estimate of drug-likeness (QED) is 0.533. The molecular formula is C8H16N2O. The predicted octanol–water partition coefficient (Wildman–Crippen LogP) is -0.585. The van der Waals surface area contributed by atoms with Crippen molar-refractivity contribution in [2.45, 2.75) is 25.0 Å². The Morgan fingerprint density at radius 1 is 1.36 bits per heavy atom. The summed E-state index contributed by atoms with van der Waals surface area (Å²) in [5.41, 5.74) is 0. The van der Waals surface area contributed by atoms with Crippen LogP contribution in [0.15, 0.2) is 0 Å². The van der Waals surface area contributed by atoms with Gasteiger partial charge in [-0.1, -0.05) is 0 Å². The van der Waals surface area contributed by atoms with E-state index in [9.17, 15) is 0 Å². The SMILES string of the molecule is OC1CN(C2CCCNC2)C1. The summed E-state index contributed by atoms with van der Waals surface area (Å²) in [6, 6.07) is 0.701. The van der Waals surface area contributed by atoms with Crippen molar-refractivity contribution in [3.05, 3.63) is 0 Å². The first-order valence-corrected chi connectivity index (χ1v) is 4.49. The van der Waals surface area contributed by atoms with E-state index in [-0.39, 0.29) is 6.10 Å². The van der Waals surface area contributed by atoms with Crippen LogP contribution in [-0.4, -0.2) is 48.3 Å². The number of piperidine rings is 1. The molecule has 3 nitrogen and oxygen atoms in total. The highest BCUT2D eigenvalue weighted by Gasteiger charge is 2.31. The third-order valence-electron chi connectivity index (χ3n) is 2.68. The van der Waals surface area contributed by atoms with Crippen molar-refractivity contribution in [2.75, 3.05) is 26.2 Å². The zero-order chi connectivity index (χ0) is 7.68. The van der Waals surface area contributed by atoms with E-state index in [1.807, 2.05) is 0 Å². The first kappa shape index (κ1) is 7.53. The van der Waals surface area contributed by atoms with Crippen LogP contribution < -0.4 is 5.32 Å².